The van der Waals surface area contributed by atoms with Crippen molar-refractivity contribution >= 4 is 57.8 Å². The minimum absolute atomic E-state index is 0.0840. The summed E-state index contributed by atoms with van der Waals surface area (Å²) >= 11 is 12.6. The number of thiocarbonyl (C=S) groups is 1. The molecule has 1 aliphatic heterocycles. The molecule has 1 fully saturated rings. The average Bonchev–Trinajstić information content (AvgIpc) is 2.92. The number of carbonyl (C=O) groups is 2. The Morgan fingerprint density at radius 2 is 1.85 bits per heavy atom. The molecule has 0 radical (unpaired) electrons. The second-order valence-electron chi connectivity index (χ2n) is 5.87. The van der Waals surface area contributed by atoms with Crippen LogP contribution in [0.15, 0.2) is 59.5 Å². The Morgan fingerprint density at radius 3 is 2.59 bits per heavy atom. The van der Waals surface area contributed by atoms with Gasteiger partial charge in [-0.1, -0.05) is 84.1 Å². The van der Waals surface area contributed by atoms with Gasteiger partial charge in [-0.05, 0) is 29.7 Å². The number of amides is 2. The van der Waals surface area contributed by atoms with Gasteiger partial charge in [0.05, 0.1) is 4.91 Å². The van der Waals surface area contributed by atoms with Crippen molar-refractivity contribution < 1.29 is 9.59 Å². The van der Waals surface area contributed by atoms with Crippen LogP contribution in [0.5, 0.6) is 0 Å². The molecule has 3 rings (SSSR count). The van der Waals surface area contributed by atoms with Gasteiger partial charge in [0.15, 0.2) is 0 Å². The first kappa shape index (κ1) is 19.6. The van der Waals surface area contributed by atoms with Crippen LogP contribution in [-0.4, -0.2) is 34.1 Å². The summed E-state index contributed by atoms with van der Waals surface area (Å²) in [6.07, 6.45) is 2.44. The van der Waals surface area contributed by atoms with Crippen molar-refractivity contribution in [2.75, 3.05) is 13.1 Å². The summed E-state index contributed by atoms with van der Waals surface area (Å²) in [7, 11) is 0. The Bertz CT molecular complexity index is 900. The summed E-state index contributed by atoms with van der Waals surface area (Å²) in [4.78, 5) is 26.6. The zero-order chi connectivity index (χ0) is 19.2. The van der Waals surface area contributed by atoms with Gasteiger partial charge in [-0.3, -0.25) is 14.5 Å². The monoisotopic (exact) mass is 416 g/mol. The lowest BCUT2D eigenvalue weighted by Crippen LogP contribution is -2.40. The molecule has 1 heterocycles. The molecule has 1 N–H and O–H groups in total. The largest absolute Gasteiger partial charge is 0.354 e. The Hall–Kier alpha value is -2.15. The van der Waals surface area contributed by atoms with Crippen LogP contribution in [0.3, 0.4) is 0 Å². The van der Waals surface area contributed by atoms with Gasteiger partial charge in [0.1, 0.15) is 10.9 Å². The van der Waals surface area contributed by atoms with Crippen LogP contribution in [-0.2, 0) is 16.0 Å². The van der Waals surface area contributed by atoms with Gasteiger partial charge < -0.3 is 5.32 Å². The summed E-state index contributed by atoms with van der Waals surface area (Å²) < 4.78 is 0.372. The van der Waals surface area contributed by atoms with Gasteiger partial charge in [0.2, 0.25) is 5.91 Å². The number of hydrogen-bond donors (Lipinski definition) is 1. The predicted octanol–water partition coefficient (Wildman–Crippen LogP) is 3.90. The molecule has 2 aromatic carbocycles. The fourth-order valence-electron chi connectivity index (χ4n) is 2.56. The minimum atomic E-state index is -0.275. The quantitative estimate of drug-likeness (QED) is 0.573. The molecule has 0 aliphatic carbocycles. The number of benzene rings is 2. The smallest absolute Gasteiger partial charge is 0.266 e. The third kappa shape index (κ3) is 5.19. The highest BCUT2D eigenvalue weighted by Gasteiger charge is 2.33. The normalized spacial score (nSPS) is 15.4. The highest BCUT2D eigenvalue weighted by molar-refractivity contribution is 8.26. The molecule has 0 unspecified atom stereocenters. The SMILES string of the molecule is O=C(CN1C(=O)C(=Cc2ccccc2Cl)SC1=S)NCCc1ccccc1. The van der Waals surface area contributed by atoms with Gasteiger partial charge in [0, 0.05) is 11.6 Å². The zero-order valence-corrected chi connectivity index (χ0v) is 16.7. The van der Waals surface area contributed by atoms with E-state index in [0.717, 1.165) is 17.5 Å². The molecule has 4 nitrogen and oxygen atoms in total. The first-order chi connectivity index (χ1) is 13.0. The van der Waals surface area contributed by atoms with E-state index in [9.17, 15) is 9.59 Å². The van der Waals surface area contributed by atoms with Crippen molar-refractivity contribution in [3.8, 4) is 0 Å². The topological polar surface area (TPSA) is 49.4 Å². The van der Waals surface area contributed by atoms with Gasteiger partial charge >= 0.3 is 0 Å². The number of carbonyl (C=O) groups excluding carboxylic acids is 2. The third-order valence-corrected chi connectivity index (χ3v) is 5.67. The fraction of sp³-hybridized carbons (Fsp3) is 0.150. The molecule has 2 amide bonds. The van der Waals surface area contributed by atoms with E-state index in [1.54, 1.807) is 12.1 Å². The Kier molecular flexibility index (Phi) is 6.66. The summed E-state index contributed by atoms with van der Waals surface area (Å²) in [6, 6.07) is 17.1. The molecule has 0 saturated carbocycles. The van der Waals surface area contributed by atoms with Crippen LogP contribution in [0.4, 0.5) is 0 Å². The lowest BCUT2D eigenvalue weighted by Gasteiger charge is -2.14. The van der Waals surface area contributed by atoms with Crippen molar-refractivity contribution in [1.29, 1.82) is 0 Å². The van der Waals surface area contributed by atoms with E-state index in [2.05, 4.69) is 5.32 Å². The van der Waals surface area contributed by atoms with Crippen LogP contribution in [0.2, 0.25) is 5.02 Å². The Morgan fingerprint density at radius 1 is 1.15 bits per heavy atom. The number of rotatable bonds is 6. The van der Waals surface area contributed by atoms with Crippen LogP contribution in [0.1, 0.15) is 11.1 Å². The van der Waals surface area contributed by atoms with Crippen LogP contribution in [0, 0.1) is 0 Å². The molecule has 0 spiro atoms. The van der Waals surface area contributed by atoms with Crippen molar-refractivity contribution in [3.63, 3.8) is 0 Å². The molecule has 1 saturated heterocycles. The molecule has 138 valence electrons. The summed E-state index contributed by atoms with van der Waals surface area (Å²) in [5, 5.41) is 3.39. The van der Waals surface area contributed by atoms with E-state index in [4.69, 9.17) is 23.8 Å². The van der Waals surface area contributed by atoms with Gasteiger partial charge in [-0.15, -0.1) is 0 Å². The summed E-state index contributed by atoms with van der Waals surface area (Å²) in [5.74, 6) is -0.510. The van der Waals surface area contributed by atoms with E-state index < -0.39 is 0 Å². The molecule has 27 heavy (non-hydrogen) atoms. The standard InChI is InChI=1S/C20H17ClN2O2S2/c21-16-9-5-4-8-15(16)12-17-19(25)23(20(26)27-17)13-18(24)22-11-10-14-6-2-1-3-7-14/h1-9,12H,10-11,13H2,(H,22,24). The highest BCUT2D eigenvalue weighted by Crippen LogP contribution is 2.33. The van der Waals surface area contributed by atoms with Gasteiger partial charge in [-0.2, -0.15) is 0 Å². The number of nitrogens with one attached hydrogen (secondary N) is 1. The Labute approximate surface area is 172 Å². The fourth-order valence-corrected chi connectivity index (χ4v) is 4.00. The van der Waals surface area contributed by atoms with E-state index in [-0.39, 0.29) is 18.4 Å². The minimum Gasteiger partial charge on any atom is -0.354 e. The molecule has 0 atom stereocenters. The van der Waals surface area contributed by atoms with Crippen LogP contribution < -0.4 is 5.32 Å². The van der Waals surface area contributed by atoms with Crippen molar-refractivity contribution in [1.82, 2.24) is 10.2 Å². The second kappa shape index (κ2) is 9.17. The second-order valence-corrected chi connectivity index (χ2v) is 7.96. The molecule has 1 aliphatic rings. The number of thioether (sulfide) groups is 1. The van der Waals surface area contributed by atoms with Gasteiger partial charge in [-0.25, -0.2) is 0 Å². The maximum Gasteiger partial charge on any atom is 0.266 e. The molecule has 0 bridgehead atoms. The maximum atomic E-state index is 12.6. The number of halogens is 1. The maximum absolute atomic E-state index is 12.6. The van der Waals surface area contributed by atoms with E-state index in [0.29, 0.717) is 20.8 Å². The number of hydrogen-bond acceptors (Lipinski definition) is 4. The highest BCUT2D eigenvalue weighted by atomic mass is 35.5. The van der Waals surface area contributed by atoms with E-state index >= 15 is 0 Å². The predicted molar refractivity (Wildman–Crippen MR) is 114 cm³/mol. The van der Waals surface area contributed by atoms with Gasteiger partial charge in [0.25, 0.3) is 5.91 Å². The van der Waals surface area contributed by atoms with Crippen LogP contribution >= 0.6 is 35.6 Å². The summed E-state index contributed by atoms with van der Waals surface area (Å²) in [5.41, 5.74) is 1.89. The van der Waals surface area contributed by atoms with E-state index in [1.165, 1.54) is 16.7 Å². The first-order valence-electron chi connectivity index (χ1n) is 8.35. The van der Waals surface area contributed by atoms with E-state index in [1.807, 2.05) is 48.5 Å². The molecule has 0 aromatic heterocycles. The van der Waals surface area contributed by atoms with Crippen LogP contribution in [0.25, 0.3) is 6.08 Å². The van der Waals surface area contributed by atoms with Crippen molar-refractivity contribution in [2.45, 2.75) is 6.42 Å². The first-order valence-corrected chi connectivity index (χ1v) is 9.95. The number of nitrogens with zero attached hydrogens (tertiary/aromatic N) is 1. The van der Waals surface area contributed by atoms with Crippen molar-refractivity contribution in [3.05, 3.63) is 75.7 Å². The zero-order valence-electron chi connectivity index (χ0n) is 14.4. The lowest BCUT2D eigenvalue weighted by atomic mass is 10.1. The molecule has 7 heteroatoms. The molecular formula is C20H17ClN2O2S2. The molecular weight excluding hydrogens is 400 g/mol. The third-order valence-electron chi connectivity index (χ3n) is 3.95. The van der Waals surface area contributed by atoms with Crippen molar-refractivity contribution in [2.24, 2.45) is 0 Å². The molecule has 2 aromatic rings. The average molecular weight is 417 g/mol. The lowest BCUT2D eigenvalue weighted by molar-refractivity contribution is -0.128. The summed E-state index contributed by atoms with van der Waals surface area (Å²) in [6.45, 7) is 0.423. The Balaban J connectivity index is 1.57.